The molecule has 0 radical (unpaired) electrons. The lowest BCUT2D eigenvalue weighted by molar-refractivity contribution is -0.152. The van der Waals surface area contributed by atoms with E-state index in [4.69, 9.17) is 10.5 Å². The Morgan fingerprint density at radius 1 is 1.20 bits per heavy atom. The second-order valence-corrected chi connectivity index (χ2v) is 8.91. The number of hydrogen-bond donors (Lipinski definition) is 2. The van der Waals surface area contributed by atoms with Crippen LogP contribution in [0.4, 0.5) is 8.78 Å². The fourth-order valence-corrected chi connectivity index (χ4v) is 5.25. The number of ether oxygens (including phenoxy) is 1. The van der Waals surface area contributed by atoms with Gasteiger partial charge in [-0.05, 0) is 42.1 Å². The van der Waals surface area contributed by atoms with Crippen LogP contribution in [0.1, 0.15) is 17.4 Å². The highest BCUT2D eigenvalue weighted by Crippen LogP contribution is 2.36. The van der Waals surface area contributed by atoms with Crippen molar-refractivity contribution in [3.63, 3.8) is 0 Å². The Hall–Kier alpha value is -2.69. The molecule has 30 heavy (non-hydrogen) atoms. The number of ketones is 1. The standard InChI is InChI=1S/C20H18F2N2O4S2/c1-10(24-16(25)7-11-5-13(21)9-14(22)6-11)17(26)20(23,19(27)28-2)15-8-12-3-4-29-18(12)30-15/h3-6,8-10H,7,23H2,1-2H3,(H,24,25)/t10-,20?/m0/s1. The molecule has 158 valence electrons. The SMILES string of the molecule is COC(=O)C(N)(C(=O)[C@H](C)NC(=O)Cc1cc(F)cc(F)c1)c1cc2ccsc2s1. The summed E-state index contributed by atoms with van der Waals surface area (Å²) in [6, 6.07) is 5.07. The molecule has 0 saturated carbocycles. The molecule has 2 atom stereocenters. The van der Waals surface area contributed by atoms with Crippen molar-refractivity contribution >= 4 is 49.7 Å². The third kappa shape index (κ3) is 4.25. The lowest BCUT2D eigenvalue weighted by Gasteiger charge is -2.27. The molecule has 2 aromatic heterocycles. The molecule has 1 aromatic carbocycles. The van der Waals surface area contributed by atoms with Gasteiger partial charge in [0.05, 0.1) is 23.6 Å². The van der Waals surface area contributed by atoms with Gasteiger partial charge >= 0.3 is 5.97 Å². The maximum absolute atomic E-state index is 13.3. The van der Waals surface area contributed by atoms with Gasteiger partial charge in [0.1, 0.15) is 11.6 Å². The first-order valence-corrected chi connectivity index (χ1v) is 10.5. The van der Waals surface area contributed by atoms with Crippen molar-refractivity contribution in [3.8, 4) is 0 Å². The van der Waals surface area contributed by atoms with Gasteiger partial charge in [-0.2, -0.15) is 0 Å². The van der Waals surface area contributed by atoms with Crippen molar-refractivity contribution in [3.05, 3.63) is 57.8 Å². The van der Waals surface area contributed by atoms with Crippen LogP contribution in [-0.2, 0) is 31.1 Å². The van der Waals surface area contributed by atoms with E-state index >= 15 is 0 Å². The number of esters is 1. The first kappa shape index (κ1) is 22.0. The maximum Gasteiger partial charge on any atom is 0.339 e. The van der Waals surface area contributed by atoms with Gasteiger partial charge in [0.15, 0.2) is 5.78 Å². The number of fused-ring (bicyclic) bond motifs is 1. The van der Waals surface area contributed by atoms with Gasteiger partial charge in [-0.15, -0.1) is 22.7 Å². The predicted octanol–water partition coefficient (Wildman–Crippen LogP) is 2.88. The summed E-state index contributed by atoms with van der Waals surface area (Å²) in [6.07, 6.45) is -0.350. The molecule has 0 aliphatic heterocycles. The Morgan fingerprint density at radius 3 is 2.47 bits per heavy atom. The zero-order chi connectivity index (χ0) is 22.1. The van der Waals surface area contributed by atoms with Crippen molar-refractivity contribution in [2.75, 3.05) is 7.11 Å². The molecule has 10 heteroatoms. The fourth-order valence-electron chi connectivity index (χ4n) is 3.04. The van der Waals surface area contributed by atoms with Crippen molar-refractivity contribution in [1.82, 2.24) is 5.32 Å². The van der Waals surface area contributed by atoms with Crippen molar-refractivity contribution in [2.24, 2.45) is 5.73 Å². The molecule has 2 heterocycles. The highest BCUT2D eigenvalue weighted by molar-refractivity contribution is 7.37. The van der Waals surface area contributed by atoms with Crippen LogP contribution < -0.4 is 11.1 Å². The van der Waals surface area contributed by atoms with Crippen molar-refractivity contribution in [2.45, 2.75) is 24.9 Å². The minimum atomic E-state index is -2.10. The predicted molar refractivity (Wildman–Crippen MR) is 110 cm³/mol. The molecule has 1 unspecified atom stereocenters. The summed E-state index contributed by atoms with van der Waals surface area (Å²) < 4.78 is 32.3. The molecule has 0 spiro atoms. The highest BCUT2D eigenvalue weighted by Gasteiger charge is 2.48. The summed E-state index contributed by atoms with van der Waals surface area (Å²) in [4.78, 5) is 38.2. The van der Waals surface area contributed by atoms with E-state index in [1.165, 1.54) is 29.6 Å². The van der Waals surface area contributed by atoms with E-state index in [-0.39, 0.29) is 12.0 Å². The molecule has 0 aliphatic rings. The third-order valence-corrected chi connectivity index (χ3v) is 6.83. The lowest BCUT2D eigenvalue weighted by Crippen LogP contribution is -2.58. The van der Waals surface area contributed by atoms with Gasteiger partial charge in [-0.1, -0.05) is 0 Å². The summed E-state index contributed by atoms with van der Waals surface area (Å²) in [5.74, 6) is -3.99. The van der Waals surface area contributed by atoms with Crippen LogP contribution in [-0.4, -0.2) is 30.8 Å². The number of rotatable bonds is 7. The molecule has 0 saturated heterocycles. The normalized spacial score (nSPS) is 14.2. The number of benzene rings is 1. The Balaban J connectivity index is 1.80. The number of hydrogen-bond acceptors (Lipinski definition) is 7. The smallest absolute Gasteiger partial charge is 0.339 e. The quantitative estimate of drug-likeness (QED) is 0.424. The number of thiophene rings is 2. The van der Waals surface area contributed by atoms with E-state index in [0.717, 1.165) is 28.6 Å². The summed E-state index contributed by atoms with van der Waals surface area (Å²) in [5, 5.41) is 5.16. The Bertz CT molecular complexity index is 1080. The van der Waals surface area contributed by atoms with E-state index in [1.807, 2.05) is 11.4 Å². The van der Waals surface area contributed by atoms with E-state index < -0.39 is 40.9 Å². The number of halogens is 2. The van der Waals surface area contributed by atoms with Crippen LogP contribution in [0.5, 0.6) is 0 Å². The Morgan fingerprint density at radius 2 is 1.87 bits per heavy atom. The molecule has 0 bridgehead atoms. The van der Waals surface area contributed by atoms with E-state index in [1.54, 1.807) is 6.07 Å². The average Bonchev–Trinajstić information content (AvgIpc) is 3.27. The molecular weight excluding hydrogens is 434 g/mol. The van der Waals surface area contributed by atoms with Crippen LogP contribution in [0.2, 0.25) is 0 Å². The first-order chi connectivity index (χ1) is 14.1. The van der Waals surface area contributed by atoms with Gasteiger partial charge in [0, 0.05) is 16.3 Å². The number of methoxy groups -OCH3 is 1. The van der Waals surface area contributed by atoms with Crippen LogP contribution in [0.3, 0.4) is 0 Å². The van der Waals surface area contributed by atoms with Gasteiger partial charge in [-0.25, -0.2) is 13.6 Å². The van der Waals surface area contributed by atoms with E-state index in [9.17, 15) is 23.2 Å². The molecule has 3 rings (SSSR count). The minimum Gasteiger partial charge on any atom is -0.467 e. The average molecular weight is 453 g/mol. The molecule has 6 nitrogen and oxygen atoms in total. The zero-order valence-electron chi connectivity index (χ0n) is 16.0. The Kier molecular flexibility index (Phi) is 6.30. The molecule has 3 aromatic rings. The summed E-state index contributed by atoms with van der Waals surface area (Å²) in [7, 11) is 1.12. The van der Waals surface area contributed by atoms with E-state index in [0.29, 0.717) is 10.9 Å². The van der Waals surface area contributed by atoms with Crippen molar-refractivity contribution in [1.29, 1.82) is 0 Å². The van der Waals surface area contributed by atoms with Gasteiger partial charge in [0.2, 0.25) is 11.4 Å². The first-order valence-electron chi connectivity index (χ1n) is 8.78. The number of carbonyl (C=O) groups is 3. The molecule has 0 aliphatic carbocycles. The van der Waals surface area contributed by atoms with Crippen LogP contribution in [0.15, 0.2) is 35.7 Å². The monoisotopic (exact) mass is 452 g/mol. The van der Waals surface area contributed by atoms with Crippen LogP contribution >= 0.6 is 22.7 Å². The van der Waals surface area contributed by atoms with Crippen LogP contribution in [0, 0.1) is 11.6 Å². The van der Waals surface area contributed by atoms with Gasteiger partial charge < -0.3 is 15.8 Å². The number of nitrogens with two attached hydrogens (primary N) is 1. The zero-order valence-corrected chi connectivity index (χ0v) is 17.7. The maximum atomic E-state index is 13.3. The van der Waals surface area contributed by atoms with E-state index in [2.05, 4.69) is 5.32 Å². The number of nitrogens with one attached hydrogen (secondary N) is 1. The fraction of sp³-hybridized carbons (Fsp3) is 0.250. The summed E-state index contributed by atoms with van der Waals surface area (Å²) >= 11 is 2.65. The number of carbonyl (C=O) groups excluding carboxylic acids is 3. The minimum absolute atomic E-state index is 0.107. The third-order valence-electron chi connectivity index (χ3n) is 4.49. The molecule has 0 fully saturated rings. The highest BCUT2D eigenvalue weighted by atomic mass is 32.2. The largest absolute Gasteiger partial charge is 0.467 e. The summed E-state index contributed by atoms with van der Waals surface area (Å²) in [6.45, 7) is 1.38. The van der Waals surface area contributed by atoms with Crippen LogP contribution in [0.25, 0.3) is 9.40 Å². The summed E-state index contributed by atoms with van der Waals surface area (Å²) in [5.41, 5.74) is 4.25. The molecule has 1 amide bonds. The molecule has 3 N–H and O–H groups in total. The second-order valence-electron chi connectivity index (χ2n) is 6.68. The van der Waals surface area contributed by atoms with Gasteiger partial charge in [0.25, 0.3) is 0 Å². The second kappa shape index (κ2) is 8.58. The topological polar surface area (TPSA) is 98.5 Å². The number of Topliss-reactive ketones (excluding diaryl/α,β-unsaturated/α-hetero) is 1. The van der Waals surface area contributed by atoms with Gasteiger partial charge in [-0.3, -0.25) is 9.59 Å². The lowest BCUT2D eigenvalue weighted by atomic mass is 9.88. The molecular formula is C20H18F2N2O4S2. The van der Waals surface area contributed by atoms with Crippen molar-refractivity contribution < 1.29 is 27.9 Å². The Labute approximate surface area is 178 Å². The number of amides is 1.